The number of hydrogen-bond acceptors (Lipinski definition) is 1. The molecule has 0 heterocycles. The zero-order valence-electron chi connectivity index (χ0n) is 9.90. The average Bonchev–Trinajstić information content (AvgIpc) is 2.34. The highest BCUT2D eigenvalue weighted by molar-refractivity contribution is 6.05. The van der Waals surface area contributed by atoms with Crippen molar-refractivity contribution in [1.29, 1.82) is 0 Å². The zero-order chi connectivity index (χ0) is 13.0. The molecule has 2 rings (SSSR count). The Hall–Kier alpha value is -1.32. The van der Waals surface area contributed by atoms with Crippen LogP contribution in [0.4, 0.5) is 13.2 Å². The first kappa shape index (κ1) is 12.1. The molecule has 1 aliphatic rings. The van der Waals surface area contributed by atoms with Crippen LogP contribution < -0.4 is 0 Å². The molecule has 0 aromatic heterocycles. The molecule has 0 fully saturated rings. The first-order chi connectivity index (χ1) is 7.63. The maximum atomic E-state index is 12.9. The van der Waals surface area contributed by atoms with Gasteiger partial charge in [-0.2, -0.15) is 13.2 Å². The Morgan fingerprint density at radius 1 is 1.24 bits per heavy atom. The van der Waals surface area contributed by atoms with Crippen molar-refractivity contribution in [2.24, 2.45) is 5.41 Å². The third kappa shape index (κ3) is 1.85. The van der Waals surface area contributed by atoms with Gasteiger partial charge < -0.3 is 0 Å². The van der Waals surface area contributed by atoms with Crippen molar-refractivity contribution >= 4 is 5.78 Å². The smallest absolute Gasteiger partial charge is 0.294 e. The number of Topliss-reactive ketones (excluding diaryl/α,β-unsaturated/α-hetero) is 1. The Kier molecular flexibility index (Phi) is 2.39. The van der Waals surface area contributed by atoms with Crippen LogP contribution in [0.25, 0.3) is 0 Å². The lowest BCUT2D eigenvalue weighted by Crippen LogP contribution is -2.21. The second-order valence-corrected chi connectivity index (χ2v) is 5.23. The standard InChI is InChI=1S/C13H13F3O/c1-7-4-8-6-12(2,3)11(17)10(8)9(5-7)13(14,15)16/h4-5H,6H2,1-3H3. The molecule has 17 heavy (non-hydrogen) atoms. The summed E-state index contributed by atoms with van der Waals surface area (Å²) in [5.74, 6) is -0.403. The van der Waals surface area contributed by atoms with Gasteiger partial charge in [0.1, 0.15) is 0 Å². The fourth-order valence-electron chi connectivity index (χ4n) is 2.39. The molecule has 1 nitrogen and oxygen atoms in total. The van der Waals surface area contributed by atoms with E-state index in [-0.39, 0.29) is 5.56 Å². The first-order valence-corrected chi connectivity index (χ1v) is 5.38. The number of ketones is 1. The molecule has 1 aliphatic carbocycles. The van der Waals surface area contributed by atoms with Gasteiger partial charge in [-0.15, -0.1) is 0 Å². The minimum absolute atomic E-state index is 0.131. The van der Waals surface area contributed by atoms with Gasteiger partial charge in [-0.25, -0.2) is 0 Å². The number of hydrogen-bond donors (Lipinski definition) is 0. The predicted molar refractivity (Wildman–Crippen MR) is 58.0 cm³/mol. The Bertz CT molecular complexity index is 498. The van der Waals surface area contributed by atoms with E-state index in [4.69, 9.17) is 0 Å². The lowest BCUT2D eigenvalue weighted by Gasteiger charge is -2.15. The number of fused-ring (bicyclic) bond motifs is 1. The number of aryl methyl sites for hydroxylation is 1. The second kappa shape index (κ2) is 3.34. The third-order valence-electron chi connectivity index (χ3n) is 3.14. The van der Waals surface area contributed by atoms with Crippen LogP contribution in [-0.4, -0.2) is 5.78 Å². The van der Waals surface area contributed by atoms with Crippen molar-refractivity contribution in [2.75, 3.05) is 0 Å². The minimum Gasteiger partial charge on any atom is -0.294 e. The van der Waals surface area contributed by atoms with Gasteiger partial charge in [-0.05, 0) is 25.0 Å². The van der Waals surface area contributed by atoms with E-state index in [2.05, 4.69) is 0 Å². The summed E-state index contributed by atoms with van der Waals surface area (Å²) in [5, 5.41) is 0. The van der Waals surface area contributed by atoms with E-state index >= 15 is 0 Å². The molecule has 4 heteroatoms. The molecule has 0 bridgehead atoms. The molecular formula is C13H13F3O. The molecule has 0 saturated carbocycles. The van der Waals surface area contributed by atoms with E-state index in [1.807, 2.05) is 0 Å². The highest BCUT2D eigenvalue weighted by atomic mass is 19.4. The van der Waals surface area contributed by atoms with Crippen LogP contribution in [0.1, 0.15) is 40.9 Å². The second-order valence-electron chi connectivity index (χ2n) is 5.23. The van der Waals surface area contributed by atoms with Crippen molar-refractivity contribution < 1.29 is 18.0 Å². The third-order valence-corrected chi connectivity index (χ3v) is 3.14. The normalized spacial score (nSPS) is 18.4. The number of carbonyl (C=O) groups is 1. The van der Waals surface area contributed by atoms with Gasteiger partial charge in [-0.1, -0.05) is 25.5 Å². The maximum Gasteiger partial charge on any atom is 0.417 e. The van der Waals surface area contributed by atoms with Crippen LogP contribution >= 0.6 is 0 Å². The molecule has 92 valence electrons. The monoisotopic (exact) mass is 242 g/mol. The summed E-state index contributed by atoms with van der Waals surface area (Å²) in [6, 6.07) is 2.73. The van der Waals surface area contributed by atoms with Crippen molar-refractivity contribution in [3.8, 4) is 0 Å². The highest BCUT2D eigenvalue weighted by Gasteiger charge is 2.44. The van der Waals surface area contributed by atoms with Crippen LogP contribution in [0, 0.1) is 12.3 Å². The summed E-state index contributed by atoms with van der Waals surface area (Å²) in [6.45, 7) is 4.99. The Morgan fingerprint density at radius 3 is 2.35 bits per heavy atom. The van der Waals surface area contributed by atoms with Crippen molar-refractivity contribution in [3.63, 3.8) is 0 Å². The lowest BCUT2D eigenvalue weighted by molar-refractivity contribution is -0.138. The molecule has 0 N–H and O–H groups in total. The van der Waals surface area contributed by atoms with E-state index < -0.39 is 22.9 Å². The highest BCUT2D eigenvalue weighted by Crippen LogP contribution is 2.43. The molecule has 0 amide bonds. The van der Waals surface area contributed by atoms with Crippen molar-refractivity contribution in [1.82, 2.24) is 0 Å². The molecular weight excluding hydrogens is 229 g/mol. The van der Waals surface area contributed by atoms with E-state index in [0.29, 0.717) is 17.5 Å². The van der Waals surface area contributed by atoms with Crippen LogP contribution in [-0.2, 0) is 12.6 Å². The van der Waals surface area contributed by atoms with Crippen LogP contribution in [0.5, 0.6) is 0 Å². The number of carbonyl (C=O) groups excluding carboxylic acids is 1. The maximum absolute atomic E-state index is 12.9. The van der Waals surface area contributed by atoms with Gasteiger partial charge in [0.15, 0.2) is 5.78 Å². The predicted octanol–water partition coefficient (Wildman–Crippen LogP) is 3.78. The number of rotatable bonds is 0. The van der Waals surface area contributed by atoms with Crippen LogP contribution in [0.3, 0.4) is 0 Å². The van der Waals surface area contributed by atoms with Crippen LogP contribution in [0.15, 0.2) is 12.1 Å². The van der Waals surface area contributed by atoms with Gasteiger partial charge in [0.2, 0.25) is 0 Å². The number of benzene rings is 1. The lowest BCUT2D eigenvalue weighted by atomic mass is 9.88. The molecule has 0 atom stereocenters. The summed E-state index contributed by atoms with van der Waals surface area (Å²) in [5.41, 5.74) is -0.582. The van der Waals surface area contributed by atoms with E-state index in [1.54, 1.807) is 26.8 Å². The topological polar surface area (TPSA) is 17.1 Å². The van der Waals surface area contributed by atoms with Gasteiger partial charge >= 0.3 is 6.18 Å². The largest absolute Gasteiger partial charge is 0.417 e. The fraction of sp³-hybridized carbons (Fsp3) is 0.462. The average molecular weight is 242 g/mol. The Labute approximate surface area is 97.6 Å². The molecule has 1 aromatic carbocycles. The van der Waals surface area contributed by atoms with E-state index in [9.17, 15) is 18.0 Å². The first-order valence-electron chi connectivity index (χ1n) is 5.38. The van der Waals surface area contributed by atoms with Crippen LogP contribution in [0.2, 0.25) is 0 Å². The van der Waals surface area contributed by atoms with Gasteiger partial charge in [-0.3, -0.25) is 4.79 Å². The number of alkyl halides is 3. The summed E-state index contributed by atoms with van der Waals surface area (Å²) < 4.78 is 38.7. The van der Waals surface area contributed by atoms with E-state index in [1.165, 1.54) is 0 Å². The van der Waals surface area contributed by atoms with Crippen molar-refractivity contribution in [3.05, 3.63) is 34.4 Å². The molecule has 1 aromatic rings. The molecule has 0 radical (unpaired) electrons. The SMILES string of the molecule is Cc1cc2c(c(C(F)(F)F)c1)C(=O)C(C)(C)C2. The quantitative estimate of drug-likeness (QED) is 0.676. The number of halogens is 3. The minimum atomic E-state index is -4.47. The Balaban J connectivity index is 2.71. The molecule has 0 saturated heterocycles. The van der Waals surface area contributed by atoms with Gasteiger partial charge in [0, 0.05) is 11.0 Å². The fourth-order valence-corrected chi connectivity index (χ4v) is 2.39. The Morgan fingerprint density at radius 2 is 1.82 bits per heavy atom. The summed E-state index contributed by atoms with van der Waals surface area (Å²) in [7, 11) is 0. The zero-order valence-corrected chi connectivity index (χ0v) is 9.90. The summed E-state index contributed by atoms with van der Waals surface area (Å²) >= 11 is 0. The molecule has 0 spiro atoms. The summed E-state index contributed by atoms with van der Waals surface area (Å²) in [4.78, 5) is 12.0. The molecule has 0 unspecified atom stereocenters. The van der Waals surface area contributed by atoms with Gasteiger partial charge in [0.05, 0.1) is 5.56 Å². The van der Waals surface area contributed by atoms with Gasteiger partial charge in [0.25, 0.3) is 0 Å². The summed E-state index contributed by atoms with van der Waals surface area (Å²) in [6.07, 6.45) is -4.09. The van der Waals surface area contributed by atoms with E-state index in [0.717, 1.165) is 6.07 Å². The van der Waals surface area contributed by atoms with Crippen molar-refractivity contribution in [2.45, 2.75) is 33.4 Å². The molecule has 0 aliphatic heterocycles.